The lowest BCUT2D eigenvalue weighted by atomic mass is 10.0. The predicted molar refractivity (Wildman–Crippen MR) is 34.9 cm³/mol. The molecule has 0 radical (unpaired) electrons. The van der Waals surface area contributed by atoms with Gasteiger partial charge in [0.05, 0.1) is 6.61 Å². The molecule has 5 nitrogen and oxygen atoms in total. The molecule has 4 N–H and O–H groups in total. The van der Waals surface area contributed by atoms with Crippen LogP contribution >= 0.6 is 0 Å². The molecule has 5 atom stereocenters. The summed E-state index contributed by atoms with van der Waals surface area (Å²) >= 11 is 0. The van der Waals surface area contributed by atoms with Crippen molar-refractivity contribution in [3.05, 3.63) is 0 Å². The molecule has 1 saturated heterocycles. The van der Waals surface area contributed by atoms with Crippen LogP contribution in [-0.4, -0.2) is 57.8 Å². The number of hydrogen-bond donors (Lipinski definition) is 4. The molecule has 1 fully saturated rings. The first-order chi connectivity index (χ1) is 5.57. The minimum atomic E-state index is -1.88. The van der Waals surface area contributed by atoms with Crippen molar-refractivity contribution in [2.45, 2.75) is 30.8 Å². The van der Waals surface area contributed by atoms with Crippen molar-refractivity contribution in [1.82, 2.24) is 0 Å². The van der Waals surface area contributed by atoms with Gasteiger partial charge >= 0.3 is 0 Å². The molecule has 0 aliphatic carbocycles. The highest BCUT2D eigenvalue weighted by Crippen LogP contribution is 2.21. The van der Waals surface area contributed by atoms with Gasteiger partial charge in [-0.2, -0.15) is 0 Å². The lowest BCUT2D eigenvalue weighted by molar-refractivity contribution is -0.274. The van der Waals surface area contributed by atoms with E-state index in [0.717, 1.165) is 0 Å². The lowest BCUT2D eigenvalue weighted by Gasteiger charge is -2.36. The van der Waals surface area contributed by atoms with Gasteiger partial charge in [-0.3, -0.25) is 0 Å². The van der Waals surface area contributed by atoms with Crippen molar-refractivity contribution in [3.63, 3.8) is 0 Å². The topological polar surface area (TPSA) is 90.2 Å². The summed E-state index contributed by atoms with van der Waals surface area (Å²) in [5.41, 5.74) is 0. The van der Waals surface area contributed by atoms with Crippen LogP contribution in [0.4, 0.5) is 4.39 Å². The first-order valence-electron chi connectivity index (χ1n) is 3.52. The molecule has 0 saturated carbocycles. The summed E-state index contributed by atoms with van der Waals surface area (Å²) in [6, 6.07) is 0. The molecule has 0 amide bonds. The summed E-state index contributed by atoms with van der Waals surface area (Å²) in [5, 5.41) is 35.2. The van der Waals surface area contributed by atoms with Gasteiger partial charge in [0.2, 0.25) is 0 Å². The van der Waals surface area contributed by atoms with Gasteiger partial charge in [0, 0.05) is 0 Å². The van der Waals surface area contributed by atoms with Crippen molar-refractivity contribution in [2.24, 2.45) is 0 Å². The third kappa shape index (κ3) is 1.57. The molecule has 12 heavy (non-hydrogen) atoms. The number of rotatable bonds is 1. The van der Waals surface area contributed by atoms with Gasteiger partial charge in [-0.1, -0.05) is 0 Å². The highest BCUT2D eigenvalue weighted by atomic mass is 19.1. The van der Waals surface area contributed by atoms with Gasteiger partial charge in [-0.05, 0) is 0 Å². The number of ether oxygens (including phenoxy) is 1. The van der Waals surface area contributed by atoms with Crippen LogP contribution in [-0.2, 0) is 4.74 Å². The Morgan fingerprint density at radius 2 is 1.75 bits per heavy atom. The van der Waals surface area contributed by atoms with Crippen molar-refractivity contribution < 1.29 is 29.6 Å². The number of hydrogen-bond acceptors (Lipinski definition) is 5. The minimum Gasteiger partial charge on any atom is -0.394 e. The first-order valence-corrected chi connectivity index (χ1v) is 3.52. The monoisotopic (exact) mass is 182 g/mol. The van der Waals surface area contributed by atoms with Gasteiger partial charge in [-0.25, -0.2) is 4.39 Å². The number of halogens is 1. The molecule has 0 spiro atoms. The molecular formula is C6H11FO5. The average Bonchev–Trinajstić information content (AvgIpc) is 2.08. The summed E-state index contributed by atoms with van der Waals surface area (Å²) in [6.45, 7) is -0.651. The zero-order chi connectivity index (χ0) is 9.30. The van der Waals surface area contributed by atoms with E-state index >= 15 is 0 Å². The van der Waals surface area contributed by atoms with Crippen LogP contribution in [0.2, 0.25) is 0 Å². The van der Waals surface area contributed by atoms with E-state index in [-0.39, 0.29) is 0 Å². The fraction of sp³-hybridized carbons (Fsp3) is 1.00. The zero-order valence-electron chi connectivity index (χ0n) is 6.17. The first kappa shape index (κ1) is 9.82. The highest BCUT2D eigenvalue weighted by molar-refractivity contribution is 4.88. The third-order valence-corrected chi connectivity index (χ3v) is 1.82. The van der Waals surface area contributed by atoms with Gasteiger partial charge < -0.3 is 25.2 Å². The fourth-order valence-corrected chi connectivity index (χ4v) is 1.06. The van der Waals surface area contributed by atoms with Crippen LogP contribution in [0.25, 0.3) is 0 Å². The van der Waals surface area contributed by atoms with E-state index in [0.29, 0.717) is 0 Å². The van der Waals surface area contributed by atoms with E-state index in [1.54, 1.807) is 0 Å². The molecule has 6 heteroatoms. The molecule has 1 aliphatic heterocycles. The van der Waals surface area contributed by atoms with Crippen molar-refractivity contribution in [1.29, 1.82) is 0 Å². The van der Waals surface area contributed by atoms with Gasteiger partial charge in [0.25, 0.3) is 0 Å². The summed E-state index contributed by atoms with van der Waals surface area (Å²) in [5.74, 6) is 0. The van der Waals surface area contributed by atoms with Crippen LogP contribution < -0.4 is 0 Å². The molecule has 0 aromatic carbocycles. The Balaban J connectivity index is 2.63. The largest absolute Gasteiger partial charge is 0.394 e. The third-order valence-electron chi connectivity index (χ3n) is 1.82. The SMILES string of the molecule is OC[C@H]1OC(O)[C@H](O)[C@@H](O)[C@H]1F. The van der Waals surface area contributed by atoms with Crippen LogP contribution in [0.15, 0.2) is 0 Å². The Morgan fingerprint density at radius 1 is 1.17 bits per heavy atom. The van der Waals surface area contributed by atoms with Gasteiger partial charge in [-0.15, -0.1) is 0 Å². The lowest BCUT2D eigenvalue weighted by Crippen LogP contribution is -2.56. The van der Waals surface area contributed by atoms with Crippen LogP contribution in [0, 0.1) is 0 Å². The number of aliphatic hydroxyl groups is 4. The Labute approximate surface area is 68.0 Å². The van der Waals surface area contributed by atoms with Crippen molar-refractivity contribution in [3.8, 4) is 0 Å². The standard InChI is InChI=1S/C6H11FO5/c7-3-2(1-8)12-6(11)5(10)4(3)9/h2-6,8-11H,1H2/t2-,3+,4+,5-,6?/m1/s1. The second kappa shape index (κ2) is 3.63. The Kier molecular flexibility index (Phi) is 2.97. The average molecular weight is 182 g/mol. The quantitative estimate of drug-likeness (QED) is 0.368. The van der Waals surface area contributed by atoms with E-state index < -0.39 is 37.4 Å². The molecule has 0 aromatic heterocycles. The van der Waals surface area contributed by atoms with Gasteiger partial charge in [0.15, 0.2) is 12.5 Å². The summed E-state index contributed by atoms with van der Waals surface area (Å²) in [7, 11) is 0. The smallest absolute Gasteiger partial charge is 0.184 e. The maximum absolute atomic E-state index is 12.9. The van der Waals surface area contributed by atoms with E-state index in [4.69, 9.17) is 20.4 Å². The predicted octanol–water partition coefficient (Wildman–Crippen LogP) is -2.24. The Hall–Kier alpha value is -0.270. The highest BCUT2D eigenvalue weighted by Gasteiger charge is 2.43. The molecule has 0 bridgehead atoms. The van der Waals surface area contributed by atoms with Crippen LogP contribution in [0.1, 0.15) is 0 Å². The van der Waals surface area contributed by atoms with E-state index in [1.165, 1.54) is 0 Å². The van der Waals surface area contributed by atoms with Crippen molar-refractivity contribution in [2.75, 3.05) is 6.61 Å². The van der Waals surface area contributed by atoms with E-state index in [2.05, 4.69) is 4.74 Å². The zero-order valence-corrected chi connectivity index (χ0v) is 6.17. The van der Waals surface area contributed by atoms with Crippen LogP contribution in [0.5, 0.6) is 0 Å². The summed E-state index contributed by atoms with van der Waals surface area (Å²) in [6.07, 6.45) is -8.19. The molecule has 1 unspecified atom stereocenters. The maximum Gasteiger partial charge on any atom is 0.184 e. The molecule has 72 valence electrons. The van der Waals surface area contributed by atoms with Crippen molar-refractivity contribution >= 4 is 0 Å². The van der Waals surface area contributed by atoms with Crippen LogP contribution in [0.3, 0.4) is 0 Å². The Morgan fingerprint density at radius 3 is 2.25 bits per heavy atom. The second-order valence-electron chi connectivity index (χ2n) is 2.67. The van der Waals surface area contributed by atoms with E-state index in [9.17, 15) is 4.39 Å². The molecule has 0 aromatic rings. The summed E-state index contributed by atoms with van der Waals surface area (Å²) < 4.78 is 17.3. The molecule has 1 rings (SSSR count). The molecule has 1 heterocycles. The number of aliphatic hydroxyl groups excluding tert-OH is 4. The summed E-state index contributed by atoms with van der Waals surface area (Å²) in [4.78, 5) is 0. The fourth-order valence-electron chi connectivity index (χ4n) is 1.06. The van der Waals surface area contributed by atoms with Gasteiger partial charge in [0.1, 0.15) is 18.3 Å². The molecule has 1 aliphatic rings. The maximum atomic E-state index is 12.9. The number of alkyl halides is 1. The minimum absolute atomic E-state index is 0.651. The normalized spacial score (nSPS) is 49.2. The van der Waals surface area contributed by atoms with E-state index in [1.807, 2.05) is 0 Å². The second-order valence-corrected chi connectivity index (χ2v) is 2.67. The molecular weight excluding hydrogens is 171 g/mol. The Bertz CT molecular complexity index is 150.